The number of hydrogen-bond donors (Lipinski definition) is 1. The molecule has 8 heteroatoms. The summed E-state index contributed by atoms with van der Waals surface area (Å²) in [5, 5.41) is 3.15. The van der Waals surface area contributed by atoms with Gasteiger partial charge in [0.25, 0.3) is 10.1 Å². The summed E-state index contributed by atoms with van der Waals surface area (Å²) in [5.41, 5.74) is 0.227. The summed E-state index contributed by atoms with van der Waals surface area (Å²) in [4.78, 5) is 0. The molecule has 3 atom stereocenters. The molecule has 3 rings (SSSR count). The van der Waals surface area contributed by atoms with E-state index in [0.29, 0.717) is 18.5 Å². The largest absolute Gasteiger partial charge is 0.311 e. The van der Waals surface area contributed by atoms with Gasteiger partial charge in [-0.15, -0.1) is 0 Å². The van der Waals surface area contributed by atoms with Crippen molar-refractivity contribution < 1.29 is 25.8 Å². The minimum Gasteiger partial charge on any atom is -0.311 e. The van der Waals surface area contributed by atoms with Crippen molar-refractivity contribution in [2.45, 2.75) is 30.9 Å². The lowest BCUT2D eigenvalue weighted by Gasteiger charge is -2.32. The van der Waals surface area contributed by atoms with Crippen LogP contribution in [0.25, 0.3) is 0 Å². The zero-order valence-electron chi connectivity index (χ0n) is 14.7. The molecule has 0 bridgehead atoms. The van der Waals surface area contributed by atoms with E-state index in [9.17, 15) is 21.6 Å². The minimum atomic E-state index is -3.90. The highest BCUT2D eigenvalue weighted by Crippen LogP contribution is 2.36. The normalized spacial score (nSPS) is 19.8. The van der Waals surface area contributed by atoms with Gasteiger partial charge >= 0.3 is 0 Å². The third-order valence-electron chi connectivity index (χ3n) is 4.63. The van der Waals surface area contributed by atoms with Crippen molar-refractivity contribution in [2.24, 2.45) is 0 Å². The molecular weight excluding hydrogens is 379 g/mol. The van der Waals surface area contributed by atoms with Gasteiger partial charge in [-0.2, -0.15) is 8.42 Å². The van der Waals surface area contributed by atoms with E-state index in [1.54, 1.807) is 6.07 Å². The van der Waals surface area contributed by atoms with E-state index >= 15 is 0 Å². The summed E-state index contributed by atoms with van der Waals surface area (Å²) < 4.78 is 71.5. The van der Waals surface area contributed by atoms with E-state index in [-0.39, 0.29) is 5.56 Å². The lowest BCUT2D eigenvalue weighted by molar-refractivity contribution is 0.151. The first-order valence-corrected chi connectivity index (χ1v) is 10.4. The standard InChI is InChI=1S/C19H20F3NO3S/c1-27(24,25)26-19(16-9-4-10-23-16)17(12-5-2-6-13(20)11-12)14-7-3-8-15(21)18(14)22/h2-3,5-8,11,16-17,19,23H,4,9-10H2,1H3/t16-,17-,19+/m1/s1. The van der Waals surface area contributed by atoms with Crippen LogP contribution in [0.5, 0.6) is 0 Å². The molecule has 1 fully saturated rings. The third-order valence-corrected chi connectivity index (χ3v) is 5.21. The zero-order valence-corrected chi connectivity index (χ0v) is 15.5. The van der Waals surface area contributed by atoms with Gasteiger partial charge in [-0.3, -0.25) is 4.18 Å². The Balaban J connectivity index is 2.18. The molecular formula is C19H20F3NO3S. The summed E-state index contributed by atoms with van der Waals surface area (Å²) in [7, 11) is -3.90. The molecule has 1 aliphatic rings. The predicted octanol–water partition coefficient (Wildman–Crippen LogP) is 3.33. The molecule has 1 N–H and O–H groups in total. The summed E-state index contributed by atoms with van der Waals surface area (Å²) >= 11 is 0. The Morgan fingerprint density at radius 1 is 1.15 bits per heavy atom. The van der Waals surface area contributed by atoms with Gasteiger partial charge in [-0.1, -0.05) is 24.3 Å². The van der Waals surface area contributed by atoms with E-state index in [2.05, 4.69) is 5.32 Å². The highest BCUT2D eigenvalue weighted by molar-refractivity contribution is 7.86. The van der Waals surface area contributed by atoms with E-state index in [4.69, 9.17) is 4.18 Å². The first-order valence-electron chi connectivity index (χ1n) is 8.57. The van der Waals surface area contributed by atoms with Crippen molar-refractivity contribution in [3.63, 3.8) is 0 Å². The molecule has 2 aromatic rings. The second-order valence-electron chi connectivity index (χ2n) is 6.64. The van der Waals surface area contributed by atoms with Gasteiger partial charge in [0.15, 0.2) is 11.6 Å². The lowest BCUT2D eigenvalue weighted by Crippen LogP contribution is -2.42. The maximum atomic E-state index is 14.6. The molecule has 1 saturated heterocycles. The van der Waals surface area contributed by atoms with Crippen LogP contribution in [0.4, 0.5) is 13.2 Å². The summed E-state index contributed by atoms with van der Waals surface area (Å²) in [6.45, 7) is 0.649. The van der Waals surface area contributed by atoms with Gasteiger partial charge in [0.2, 0.25) is 0 Å². The van der Waals surface area contributed by atoms with Crippen LogP contribution in [0.2, 0.25) is 0 Å². The minimum absolute atomic E-state index is 0.0806. The van der Waals surface area contributed by atoms with Gasteiger partial charge in [0.05, 0.1) is 6.26 Å². The van der Waals surface area contributed by atoms with E-state index < -0.39 is 45.6 Å². The monoisotopic (exact) mass is 399 g/mol. The van der Waals surface area contributed by atoms with Crippen LogP contribution in [0, 0.1) is 17.5 Å². The molecule has 2 aromatic carbocycles. The van der Waals surface area contributed by atoms with Gasteiger partial charge in [0, 0.05) is 17.5 Å². The van der Waals surface area contributed by atoms with Crippen LogP contribution in [0.1, 0.15) is 29.9 Å². The smallest absolute Gasteiger partial charge is 0.264 e. The highest BCUT2D eigenvalue weighted by Gasteiger charge is 2.38. The Morgan fingerprint density at radius 3 is 2.52 bits per heavy atom. The average Bonchev–Trinajstić information content (AvgIpc) is 3.11. The Hall–Kier alpha value is -1.90. The molecule has 0 unspecified atom stereocenters. The SMILES string of the molecule is CS(=O)(=O)O[C@H]([C@H](c1cccc(F)c1)c1cccc(F)c1F)[C@H]1CCCN1. The van der Waals surface area contributed by atoms with Gasteiger partial charge < -0.3 is 5.32 Å². The molecule has 146 valence electrons. The molecule has 0 aromatic heterocycles. The second-order valence-corrected chi connectivity index (χ2v) is 8.24. The molecule has 27 heavy (non-hydrogen) atoms. The maximum absolute atomic E-state index is 14.6. The van der Waals surface area contributed by atoms with Crippen LogP contribution >= 0.6 is 0 Å². The number of hydrogen-bond acceptors (Lipinski definition) is 4. The van der Waals surface area contributed by atoms with Gasteiger partial charge in [0.1, 0.15) is 11.9 Å². The summed E-state index contributed by atoms with van der Waals surface area (Å²) in [6, 6.07) is 8.66. The summed E-state index contributed by atoms with van der Waals surface area (Å²) in [5.74, 6) is -3.74. The molecule has 1 aliphatic heterocycles. The van der Waals surface area contributed by atoms with Crippen LogP contribution in [-0.2, 0) is 14.3 Å². The number of halogens is 3. The fourth-order valence-corrected chi connectivity index (χ4v) is 4.20. The van der Waals surface area contributed by atoms with E-state index in [1.165, 1.54) is 30.3 Å². The van der Waals surface area contributed by atoms with Crippen LogP contribution in [-0.4, -0.2) is 33.4 Å². The molecule has 4 nitrogen and oxygen atoms in total. The van der Waals surface area contributed by atoms with Crippen molar-refractivity contribution in [1.82, 2.24) is 5.32 Å². The van der Waals surface area contributed by atoms with E-state index in [0.717, 1.165) is 18.7 Å². The molecule has 0 amide bonds. The number of nitrogens with one attached hydrogen (secondary N) is 1. The van der Waals surface area contributed by atoms with Gasteiger partial charge in [-0.05, 0) is 43.1 Å². The van der Waals surface area contributed by atoms with Crippen molar-refractivity contribution >= 4 is 10.1 Å². The van der Waals surface area contributed by atoms with E-state index in [1.807, 2.05) is 0 Å². The van der Waals surface area contributed by atoms with Crippen LogP contribution < -0.4 is 5.32 Å². The summed E-state index contributed by atoms with van der Waals surface area (Å²) in [6.07, 6.45) is 1.23. The molecule has 1 heterocycles. The Bertz CT molecular complexity index is 914. The number of benzene rings is 2. The predicted molar refractivity (Wildman–Crippen MR) is 95.3 cm³/mol. The average molecular weight is 399 g/mol. The highest BCUT2D eigenvalue weighted by atomic mass is 32.2. The second kappa shape index (κ2) is 8.00. The lowest BCUT2D eigenvalue weighted by atomic mass is 9.82. The molecule has 0 saturated carbocycles. The van der Waals surface area contributed by atoms with Crippen molar-refractivity contribution in [2.75, 3.05) is 12.8 Å². The third kappa shape index (κ3) is 4.69. The van der Waals surface area contributed by atoms with Crippen molar-refractivity contribution in [3.05, 3.63) is 71.0 Å². The fourth-order valence-electron chi connectivity index (χ4n) is 3.56. The Morgan fingerprint density at radius 2 is 1.89 bits per heavy atom. The fraction of sp³-hybridized carbons (Fsp3) is 0.368. The molecule has 0 spiro atoms. The first-order chi connectivity index (χ1) is 12.8. The van der Waals surface area contributed by atoms with Crippen molar-refractivity contribution in [1.29, 1.82) is 0 Å². The Labute approximate surface area is 156 Å². The number of rotatable bonds is 6. The maximum Gasteiger partial charge on any atom is 0.264 e. The Kier molecular flexibility index (Phi) is 5.88. The topological polar surface area (TPSA) is 55.4 Å². The van der Waals surface area contributed by atoms with Gasteiger partial charge in [-0.25, -0.2) is 13.2 Å². The first kappa shape index (κ1) is 19.9. The van der Waals surface area contributed by atoms with Crippen molar-refractivity contribution in [3.8, 4) is 0 Å². The van der Waals surface area contributed by atoms with Crippen LogP contribution in [0.3, 0.4) is 0 Å². The quantitative estimate of drug-likeness (QED) is 0.757. The van der Waals surface area contributed by atoms with Crippen LogP contribution in [0.15, 0.2) is 42.5 Å². The zero-order chi connectivity index (χ0) is 19.6. The molecule has 0 radical (unpaired) electrons. The molecule has 0 aliphatic carbocycles.